The molecule has 0 aliphatic carbocycles. The van der Waals surface area contributed by atoms with Crippen LogP contribution in [0.3, 0.4) is 0 Å². The first kappa shape index (κ1) is 19.8. The predicted octanol–water partition coefficient (Wildman–Crippen LogP) is 5.22. The summed E-state index contributed by atoms with van der Waals surface area (Å²) in [7, 11) is 0. The number of nitrogens with one attached hydrogen (secondary N) is 1. The van der Waals surface area contributed by atoms with Crippen molar-refractivity contribution in [1.29, 1.82) is 0 Å². The summed E-state index contributed by atoms with van der Waals surface area (Å²) in [4.78, 5) is 25.0. The third kappa shape index (κ3) is 4.64. The number of amides is 1. The first-order valence-corrected chi connectivity index (χ1v) is 9.76. The number of aryl methyl sites for hydroxylation is 1. The molecule has 28 heavy (non-hydrogen) atoms. The van der Waals surface area contributed by atoms with Gasteiger partial charge in [0.25, 0.3) is 0 Å². The van der Waals surface area contributed by atoms with Crippen LogP contribution in [0.4, 0.5) is 9.39 Å². The lowest BCUT2D eigenvalue weighted by atomic mass is 10.0. The first-order valence-electron chi connectivity index (χ1n) is 8.88. The summed E-state index contributed by atoms with van der Waals surface area (Å²) in [5, 5.41) is 5.08. The van der Waals surface area contributed by atoms with E-state index in [1.165, 1.54) is 23.5 Å². The Labute approximate surface area is 167 Å². The van der Waals surface area contributed by atoms with Gasteiger partial charge in [0.1, 0.15) is 16.4 Å². The number of benzene rings is 2. The van der Waals surface area contributed by atoms with Crippen LogP contribution in [0.25, 0.3) is 11.1 Å². The van der Waals surface area contributed by atoms with E-state index in [4.69, 9.17) is 4.74 Å². The predicted molar refractivity (Wildman–Crippen MR) is 109 cm³/mol. The molecule has 4 nitrogen and oxygen atoms in total. The quantitative estimate of drug-likeness (QED) is 0.580. The fourth-order valence-corrected chi connectivity index (χ4v) is 3.73. The van der Waals surface area contributed by atoms with Gasteiger partial charge in [0.15, 0.2) is 0 Å². The number of anilines is 1. The van der Waals surface area contributed by atoms with Crippen molar-refractivity contribution in [3.63, 3.8) is 0 Å². The van der Waals surface area contributed by atoms with Gasteiger partial charge >= 0.3 is 5.97 Å². The minimum atomic E-state index is -0.476. The SMILES string of the molecule is CCOC(=O)c1c(-c2ccc(C)cc2)csc1NC(=O)Cc1ccc(F)cc1. The van der Waals surface area contributed by atoms with E-state index >= 15 is 0 Å². The van der Waals surface area contributed by atoms with Crippen LogP contribution in [0.1, 0.15) is 28.4 Å². The maximum absolute atomic E-state index is 13.0. The van der Waals surface area contributed by atoms with Crippen molar-refractivity contribution in [2.75, 3.05) is 11.9 Å². The fraction of sp³-hybridized carbons (Fsp3) is 0.182. The molecule has 0 spiro atoms. The highest BCUT2D eigenvalue weighted by molar-refractivity contribution is 7.15. The van der Waals surface area contributed by atoms with Gasteiger partial charge < -0.3 is 10.1 Å². The summed E-state index contributed by atoms with van der Waals surface area (Å²) < 4.78 is 18.2. The Kier molecular flexibility index (Phi) is 6.21. The third-order valence-corrected chi connectivity index (χ3v) is 5.06. The van der Waals surface area contributed by atoms with Crippen molar-refractivity contribution in [3.8, 4) is 11.1 Å². The average Bonchev–Trinajstić information content (AvgIpc) is 3.08. The molecule has 0 atom stereocenters. The Bertz CT molecular complexity index is 978. The highest BCUT2D eigenvalue weighted by Crippen LogP contribution is 2.36. The molecule has 1 heterocycles. The van der Waals surface area contributed by atoms with Gasteiger partial charge in [0.05, 0.1) is 13.0 Å². The van der Waals surface area contributed by atoms with Crippen LogP contribution in [0.2, 0.25) is 0 Å². The Hall–Kier alpha value is -2.99. The molecule has 0 bridgehead atoms. The lowest BCUT2D eigenvalue weighted by molar-refractivity contribution is -0.115. The standard InChI is InChI=1S/C22H20FNO3S/c1-3-27-22(26)20-18(16-8-4-14(2)5-9-16)13-28-21(20)24-19(25)12-15-6-10-17(23)11-7-15/h4-11,13H,3,12H2,1-2H3,(H,24,25). The number of halogens is 1. The molecule has 1 amide bonds. The normalized spacial score (nSPS) is 10.5. The molecule has 3 aromatic rings. The molecule has 1 N–H and O–H groups in total. The van der Waals surface area contributed by atoms with Crippen molar-refractivity contribution in [2.45, 2.75) is 20.3 Å². The molecule has 1 aromatic heterocycles. The number of carbonyl (C=O) groups is 2. The zero-order valence-corrected chi connectivity index (χ0v) is 16.4. The second-order valence-electron chi connectivity index (χ2n) is 6.29. The molecular weight excluding hydrogens is 377 g/mol. The van der Waals surface area contributed by atoms with E-state index in [2.05, 4.69) is 5.32 Å². The van der Waals surface area contributed by atoms with Crippen molar-refractivity contribution >= 4 is 28.2 Å². The largest absolute Gasteiger partial charge is 0.462 e. The molecule has 0 radical (unpaired) electrons. The first-order chi connectivity index (χ1) is 13.5. The van der Waals surface area contributed by atoms with Gasteiger partial charge in [-0.15, -0.1) is 11.3 Å². The summed E-state index contributed by atoms with van der Waals surface area (Å²) in [5.74, 6) is -1.11. The maximum atomic E-state index is 13.0. The summed E-state index contributed by atoms with van der Waals surface area (Å²) in [5.41, 5.74) is 3.75. The van der Waals surface area contributed by atoms with E-state index in [0.29, 0.717) is 16.1 Å². The molecule has 0 unspecified atom stereocenters. The minimum Gasteiger partial charge on any atom is -0.462 e. The van der Waals surface area contributed by atoms with E-state index < -0.39 is 5.97 Å². The lowest BCUT2D eigenvalue weighted by Crippen LogP contribution is -2.16. The van der Waals surface area contributed by atoms with Crippen LogP contribution in [-0.2, 0) is 16.0 Å². The molecule has 0 saturated heterocycles. The Balaban J connectivity index is 1.87. The average molecular weight is 397 g/mol. The molecule has 144 valence electrons. The van der Waals surface area contributed by atoms with Crippen molar-refractivity contribution in [1.82, 2.24) is 0 Å². The second-order valence-corrected chi connectivity index (χ2v) is 7.17. The monoisotopic (exact) mass is 397 g/mol. The van der Waals surface area contributed by atoms with Crippen LogP contribution < -0.4 is 5.32 Å². The number of esters is 1. The Morgan fingerprint density at radius 2 is 1.75 bits per heavy atom. The van der Waals surface area contributed by atoms with Crippen molar-refractivity contribution in [3.05, 3.63) is 76.4 Å². The third-order valence-electron chi connectivity index (χ3n) is 4.16. The number of hydrogen-bond donors (Lipinski definition) is 1. The van der Waals surface area contributed by atoms with Crippen molar-refractivity contribution < 1.29 is 18.7 Å². The Morgan fingerprint density at radius 3 is 2.39 bits per heavy atom. The van der Waals surface area contributed by atoms with Crippen LogP contribution in [-0.4, -0.2) is 18.5 Å². The van der Waals surface area contributed by atoms with Gasteiger partial charge in [0.2, 0.25) is 5.91 Å². The number of rotatable bonds is 6. The summed E-state index contributed by atoms with van der Waals surface area (Å²) in [6.07, 6.45) is 0.0836. The van der Waals surface area contributed by atoms with E-state index in [0.717, 1.165) is 16.7 Å². The lowest BCUT2D eigenvalue weighted by Gasteiger charge is -2.09. The number of hydrogen-bond acceptors (Lipinski definition) is 4. The summed E-state index contributed by atoms with van der Waals surface area (Å²) in [6.45, 7) is 3.97. The summed E-state index contributed by atoms with van der Waals surface area (Å²) >= 11 is 1.28. The van der Waals surface area contributed by atoms with Gasteiger partial charge in [-0.3, -0.25) is 4.79 Å². The number of carbonyl (C=O) groups excluding carboxylic acids is 2. The number of ether oxygens (including phenoxy) is 1. The van der Waals surface area contributed by atoms with Gasteiger partial charge in [0, 0.05) is 10.9 Å². The fourth-order valence-electron chi connectivity index (χ4n) is 2.76. The van der Waals surface area contributed by atoms with Gasteiger partial charge in [-0.25, -0.2) is 9.18 Å². The van der Waals surface area contributed by atoms with Crippen LogP contribution in [0.15, 0.2) is 53.9 Å². The molecule has 0 aliphatic rings. The Morgan fingerprint density at radius 1 is 1.07 bits per heavy atom. The molecular formula is C22H20FNO3S. The smallest absolute Gasteiger partial charge is 0.341 e. The van der Waals surface area contributed by atoms with Gasteiger partial charge in [-0.1, -0.05) is 42.0 Å². The topological polar surface area (TPSA) is 55.4 Å². The zero-order valence-electron chi connectivity index (χ0n) is 15.6. The zero-order chi connectivity index (χ0) is 20.1. The van der Waals surface area contributed by atoms with E-state index in [-0.39, 0.29) is 24.8 Å². The summed E-state index contributed by atoms with van der Waals surface area (Å²) in [6, 6.07) is 13.6. The van der Waals surface area contributed by atoms with Crippen molar-refractivity contribution in [2.24, 2.45) is 0 Å². The highest BCUT2D eigenvalue weighted by Gasteiger charge is 2.22. The minimum absolute atomic E-state index is 0.0836. The van der Waals surface area contributed by atoms with Crippen LogP contribution >= 0.6 is 11.3 Å². The number of thiophene rings is 1. The maximum Gasteiger partial charge on any atom is 0.341 e. The van der Waals surface area contributed by atoms with E-state index in [1.807, 2.05) is 36.6 Å². The molecule has 3 rings (SSSR count). The second kappa shape index (κ2) is 8.80. The molecule has 0 fully saturated rings. The molecule has 0 saturated carbocycles. The molecule has 0 aliphatic heterocycles. The highest BCUT2D eigenvalue weighted by atomic mass is 32.1. The van der Waals surface area contributed by atoms with Gasteiger partial charge in [-0.05, 0) is 37.1 Å². The van der Waals surface area contributed by atoms with E-state index in [9.17, 15) is 14.0 Å². The molecule has 2 aromatic carbocycles. The van der Waals surface area contributed by atoms with Gasteiger partial charge in [-0.2, -0.15) is 0 Å². The molecule has 6 heteroatoms. The van der Waals surface area contributed by atoms with Crippen LogP contribution in [0.5, 0.6) is 0 Å². The van der Waals surface area contributed by atoms with Crippen LogP contribution in [0, 0.1) is 12.7 Å². The van der Waals surface area contributed by atoms with E-state index in [1.54, 1.807) is 19.1 Å².